The second-order valence-corrected chi connectivity index (χ2v) is 5.42. The van der Waals surface area contributed by atoms with Crippen LogP contribution in [-0.4, -0.2) is 34.4 Å². The van der Waals surface area contributed by atoms with Crippen molar-refractivity contribution >= 4 is 11.7 Å². The van der Waals surface area contributed by atoms with E-state index in [1.54, 1.807) is 24.3 Å². The molecule has 108 valence electrons. The van der Waals surface area contributed by atoms with E-state index < -0.39 is 0 Å². The number of hydrogen-bond donors (Lipinski definition) is 2. The summed E-state index contributed by atoms with van der Waals surface area (Å²) in [6.07, 6.45) is 2.23. The number of amides is 1. The number of hydrogen-bond acceptors (Lipinski definition) is 3. The predicted molar refractivity (Wildman–Crippen MR) is 77.8 cm³/mol. The number of benzene rings is 1. The van der Waals surface area contributed by atoms with Crippen LogP contribution < -0.4 is 5.73 Å². The van der Waals surface area contributed by atoms with Gasteiger partial charge in [0.1, 0.15) is 0 Å². The van der Waals surface area contributed by atoms with E-state index in [2.05, 4.69) is 19.0 Å². The Labute approximate surface area is 119 Å². The Morgan fingerprint density at radius 3 is 2.50 bits per heavy atom. The van der Waals surface area contributed by atoms with Gasteiger partial charge in [0.15, 0.2) is 5.84 Å². The van der Waals surface area contributed by atoms with Crippen LogP contribution in [0.2, 0.25) is 0 Å². The summed E-state index contributed by atoms with van der Waals surface area (Å²) >= 11 is 0. The van der Waals surface area contributed by atoms with Crippen molar-refractivity contribution in [2.75, 3.05) is 6.54 Å². The van der Waals surface area contributed by atoms with Crippen molar-refractivity contribution in [1.29, 1.82) is 0 Å². The first-order chi connectivity index (χ1) is 9.54. The van der Waals surface area contributed by atoms with E-state index in [9.17, 15) is 4.79 Å². The lowest BCUT2D eigenvalue weighted by molar-refractivity contribution is 0.0551. The van der Waals surface area contributed by atoms with Gasteiger partial charge in [0, 0.05) is 23.7 Å². The lowest BCUT2D eigenvalue weighted by atomic mass is 9.91. The molecule has 1 aliphatic heterocycles. The zero-order chi connectivity index (χ0) is 14.7. The lowest BCUT2D eigenvalue weighted by Gasteiger charge is -2.38. The Bertz CT molecular complexity index is 510. The number of amidine groups is 1. The highest BCUT2D eigenvalue weighted by Crippen LogP contribution is 2.24. The fourth-order valence-corrected chi connectivity index (χ4v) is 2.63. The first-order valence-corrected chi connectivity index (χ1v) is 6.93. The molecular weight excluding hydrogens is 254 g/mol. The van der Waals surface area contributed by atoms with Crippen LogP contribution in [-0.2, 0) is 0 Å². The zero-order valence-corrected chi connectivity index (χ0v) is 11.9. The molecule has 0 bridgehead atoms. The topological polar surface area (TPSA) is 78.9 Å². The van der Waals surface area contributed by atoms with E-state index in [0.29, 0.717) is 17.0 Å². The van der Waals surface area contributed by atoms with E-state index in [1.807, 2.05) is 4.90 Å². The third kappa shape index (κ3) is 2.76. The Morgan fingerprint density at radius 2 is 1.90 bits per heavy atom. The summed E-state index contributed by atoms with van der Waals surface area (Å²) in [5, 5.41) is 11.6. The average Bonchev–Trinajstić information content (AvgIpc) is 2.48. The van der Waals surface area contributed by atoms with Crippen molar-refractivity contribution < 1.29 is 10.0 Å². The number of oxime groups is 1. The minimum atomic E-state index is 0.0453. The fourth-order valence-electron chi connectivity index (χ4n) is 2.63. The minimum Gasteiger partial charge on any atom is -0.409 e. The molecule has 2 rings (SSSR count). The molecule has 5 nitrogen and oxygen atoms in total. The van der Waals surface area contributed by atoms with E-state index >= 15 is 0 Å². The average molecular weight is 275 g/mol. The molecule has 0 aliphatic carbocycles. The number of carbonyl (C=O) groups is 1. The quantitative estimate of drug-likeness (QED) is 0.375. The smallest absolute Gasteiger partial charge is 0.254 e. The molecule has 2 atom stereocenters. The molecule has 1 saturated heterocycles. The van der Waals surface area contributed by atoms with Gasteiger partial charge in [0.25, 0.3) is 5.91 Å². The van der Waals surface area contributed by atoms with Crippen LogP contribution in [0.5, 0.6) is 0 Å². The second kappa shape index (κ2) is 5.94. The van der Waals surface area contributed by atoms with Crippen LogP contribution >= 0.6 is 0 Å². The molecule has 0 spiro atoms. The summed E-state index contributed by atoms with van der Waals surface area (Å²) in [7, 11) is 0. The van der Waals surface area contributed by atoms with E-state index in [1.165, 1.54) is 6.42 Å². The van der Waals surface area contributed by atoms with Crippen molar-refractivity contribution in [1.82, 2.24) is 4.90 Å². The molecule has 0 saturated carbocycles. The molecule has 2 unspecified atom stereocenters. The van der Waals surface area contributed by atoms with E-state index in [0.717, 1.165) is 13.0 Å². The number of carbonyl (C=O) groups excluding carboxylic acids is 1. The van der Waals surface area contributed by atoms with Gasteiger partial charge in [-0.15, -0.1) is 0 Å². The molecule has 5 heteroatoms. The maximum atomic E-state index is 12.5. The first-order valence-electron chi connectivity index (χ1n) is 6.93. The Morgan fingerprint density at radius 1 is 1.30 bits per heavy atom. The highest BCUT2D eigenvalue weighted by atomic mass is 16.4. The van der Waals surface area contributed by atoms with Gasteiger partial charge < -0.3 is 15.8 Å². The highest BCUT2D eigenvalue weighted by molar-refractivity contribution is 5.99. The molecule has 1 fully saturated rings. The molecule has 1 aromatic carbocycles. The first kappa shape index (κ1) is 14.4. The van der Waals surface area contributed by atoms with Crippen molar-refractivity contribution in [2.45, 2.75) is 32.7 Å². The van der Waals surface area contributed by atoms with Crippen molar-refractivity contribution in [3.05, 3.63) is 35.4 Å². The molecule has 0 aromatic heterocycles. The third-order valence-corrected chi connectivity index (χ3v) is 4.17. The summed E-state index contributed by atoms with van der Waals surface area (Å²) < 4.78 is 0. The summed E-state index contributed by atoms with van der Waals surface area (Å²) in [6.45, 7) is 5.10. The van der Waals surface area contributed by atoms with Gasteiger partial charge >= 0.3 is 0 Å². The maximum absolute atomic E-state index is 12.5. The van der Waals surface area contributed by atoms with Gasteiger partial charge in [-0.3, -0.25) is 4.79 Å². The van der Waals surface area contributed by atoms with Gasteiger partial charge in [-0.2, -0.15) is 0 Å². The molecule has 1 aromatic rings. The molecule has 20 heavy (non-hydrogen) atoms. The van der Waals surface area contributed by atoms with Crippen molar-refractivity contribution in [3.8, 4) is 0 Å². The molecular formula is C15H21N3O2. The fraction of sp³-hybridized carbons (Fsp3) is 0.467. The monoisotopic (exact) mass is 275 g/mol. The SMILES string of the molecule is CC1CCCN(C(=O)c2ccc(C(N)=NO)cc2)C1C. The minimum absolute atomic E-state index is 0.0453. The van der Waals surface area contributed by atoms with Crippen molar-refractivity contribution in [2.24, 2.45) is 16.8 Å². The van der Waals surface area contributed by atoms with Crippen LogP contribution in [0.4, 0.5) is 0 Å². The largest absolute Gasteiger partial charge is 0.409 e. The molecule has 0 radical (unpaired) electrons. The molecule has 1 amide bonds. The lowest BCUT2D eigenvalue weighted by Crippen LogP contribution is -2.46. The summed E-state index contributed by atoms with van der Waals surface area (Å²) in [6, 6.07) is 7.10. The van der Waals surface area contributed by atoms with Gasteiger partial charge in [-0.05, 0) is 37.8 Å². The van der Waals surface area contributed by atoms with E-state index in [-0.39, 0.29) is 17.8 Å². The zero-order valence-electron chi connectivity index (χ0n) is 11.9. The molecule has 1 heterocycles. The highest BCUT2D eigenvalue weighted by Gasteiger charge is 2.28. The number of nitrogens with two attached hydrogens (primary N) is 1. The molecule has 1 aliphatic rings. The number of rotatable bonds is 2. The normalized spacial score (nSPS) is 23.7. The summed E-state index contributed by atoms with van der Waals surface area (Å²) in [4.78, 5) is 14.5. The van der Waals surface area contributed by atoms with Crippen LogP contribution in [0.25, 0.3) is 0 Å². The third-order valence-electron chi connectivity index (χ3n) is 4.17. The van der Waals surface area contributed by atoms with Crippen LogP contribution in [0, 0.1) is 5.92 Å². The second-order valence-electron chi connectivity index (χ2n) is 5.42. The Kier molecular flexibility index (Phi) is 4.27. The van der Waals surface area contributed by atoms with Crippen LogP contribution in [0.15, 0.2) is 29.4 Å². The van der Waals surface area contributed by atoms with Crippen LogP contribution in [0.1, 0.15) is 42.6 Å². The summed E-state index contributed by atoms with van der Waals surface area (Å²) in [5.74, 6) is 0.628. The number of likely N-dealkylation sites (tertiary alicyclic amines) is 1. The van der Waals surface area contributed by atoms with Crippen molar-refractivity contribution in [3.63, 3.8) is 0 Å². The van der Waals surface area contributed by atoms with Gasteiger partial charge in [-0.25, -0.2) is 0 Å². The number of piperidine rings is 1. The summed E-state index contributed by atoms with van der Waals surface area (Å²) in [5.41, 5.74) is 6.75. The molecule has 3 N–H and O–H groups in total. The van der Waals surface area contributed by atoms with Gasteiger partial charge in [0.2, 0.25) is 0 Å². The van der Waals surface area contributed by atoms with E-state index in [4.69, 9.17) is 10.9 Å². The Balaban J connectivity index is 2.17. The standard InChI is InChI=1S/C15H21N3O2/c1-10-4-3-9-18(11(10)2)15(19)13-7-5-12(6-8-13)14(16)17-20/h5-8,10-11,20H,3-4,9H2,1-2H3,(H2,16,17). The van der Waals surface area contributed by atoms with Gasteiger partial charge in [-0.1, -0.05) is 24.2 Å². The number of nitrogens with zero attached hydrogens (tertiary/aromatic N) is 2. The maximum Gasteiger partial charge on any atom is 0.254 e. The van der Waals surface area contributed by atoms with Crippen LogP contribution in [0.3, 0.4) is 0 Å². The predicted octanol–water partition coefficient (Wildman–Crippen LogP) is 2.04. The Hall–Kier alpha value is -2.04. The van der Waals surface area contributed by atoms with Gasteiger partial charge in [0.05, 0.1) is 0 Å².